The molecule has 4 aromatic rings. The highest BCUT2D eigenvalue weighted by atomic mass is 28.3. The Labute approximate surface area is 229 Å². The van der Waals surface area contributed by atoms with Gasteiger partial charge in [0, 0.05) is 6.07 Å². The predicted molar refractivity (Wildman–Crippen MR) is 150 cm³/mol. The highest BCUT2D eigenvalue weighted by Crippen LogP contribution is 2.37. The second-order valence-corrected chi connectivity index (χ2v) is 12.7. The van der Waals surface area contributed by atoms with Crippen LogP contribution in [0.3, 0.4) is 0 Å². The minimum absolute atomic E-state index is 0.0249. The van der Waals surface area contributed by atoms with Crippen molar-refractivity contribution in [1.82, 2.24) is 24.7 Å². The number of hydrogen-bond donors (Lipinski definition) is 1. The summed E-state index contributed by atoms with van der Waals surface area (Å²) in [6, 6.07) is 9.07. The number of nitrogens with one attached hydrogen (secondary N) is 1. The van der Waals surface area contributed by atoms with Crippen LogP contribution in [0.1, 0.15) is 32.6 Å². The highest BCUT2D eigenvalue weighted by molar-refractivity contribution is 6.48. The third-order valence-corrected chi connectivity index (χ3v) is 6.55. The second-order valence-electron chi connectivity index (χ2n) is 10.3. The number of anilines is 1. The average molecular weight is 551 g/mol. The van der Waals surface area contributed by atoms with Crippen LogP contribution in [0.2, 0.25) is 13.1 Å². The lowest BCUT2D eigenvalue weighted by atomic mass is 9.87. The summed E-state index contributed by atoms with van der Waals surface area (Å²) in [5.41, 5.74) is 1.29. The maximum atomic E-state index is 12.8. The van der Waals surface area contributed by atoms with E-state index in [0.717, 1.165) is 5.69 Å². The Morgan fingerprint density at radius 1 is 1.10 bits per heavy atom. The highest BCUT2D eigenvalue weighted by Gasteiger charge is 2.29. The molecule has 0 aliphatic carbocycles. The minimum Gasteiger partial charge on any atom is -0.493 e. The van der Waals surface area contributed by atoms with Gasteiger partial charge in [-0.2, -0.15) is 5.10 Å². The van der Waals surface area contributed by atoms with Gasteiger partial charge in [0.1, 0.15) is 18.7 Å². The summed E-state index contributed by atoms with van der Waals surface area (Å²) in [6.45, 7) is 10.6. The number of aromatic nitrogens is 5. The van der Waals surface area contributed by atoms with Gasteiger partial charge in [-0.05, 0) is 36.7 Å². The van der Waals surface area contributed by atoms with Crippen LogP contribution < -0.4 is 19.5 Å². The van der Waals surface area contributed by atoms with Crippen LogP contribution in [0.5, 0.6) is 23.1 Å². The van der Waals surface area contributed by atoms with Crippen LogP contribution in [-0.4, -0.2) is 53.9 Å². The van der Waals surface area contributed by atoms with Gasteiger partial charge in [0.2, 0.25) is 11.8 Å². The fourth-order valence-corrected chi connectivity index (χ4v) is 5.11. The van der Waals surface area contributed by atoms with Crippen molar-refractivity contribution < 1.29 is 23.4 Å². The molecule has 0 aliphatic heterocycles. The Balaban J connectivity index is 1.45. The number of pyridine rings is 1. The van der Waals surface area contributed by atoms with Crippen LogP contribution in [-0.2, 0) is 15.8 Å². The number of amides is 1. The van der Waals surface area contributed by atoms with Gasteiger partial charge in [0.05, 0.1) is 49.3 Å². The molecule has 1 N–H and O–H groups in total. The topological polar surface area (TPSA) is 123 Å². The normalized spacial score (nSPS) is 12.4. The van der Waals surface area contributed by atoms with E-state index in [0.29, 0.717) is 39.8 Å². The number of carbonyl (C=O) groups is 1. The number of benzene rings is 1. The average Bonchev–Trinajstić information content (AvgIpc) is 3.32. The molecule has 1 aromatic carbocycles. The van der Waals surface area contributed by atoms with Gasteiger partial charge in [-0.3, -0.25) is 9.48 Å². The Morgan fingerprint density at radius 3 is 2.54 bits per heavy atom. The summed E-state index contributed by atoms with van der Waals surface area (Å²) >= 11 is 0. The van der Waals surface area contributed by atoms with E-state index in [2.05, 4.69) is 59.2 Å². The molecule has 1 unspecified atom stereocenters. The minimum atomic E-state index is -1.31. The Bertz CT molecular complexity index is 1450. The maximum absolute atomic E-state index is 12.8. The Morgan fingerprint density at radius 2 is 1.85 bits per heavy atom. The van der Waals surface area contributed by atoms with Gasteiger partial charge in [-0.15, -0.1) is 0 Å². The third kappa shape index (κ3) is 6.89. The molecule has 1 amide bonds. The molecular weight excluding hydrogens is 516 g/mol. The molecule has 0 radical (unpaired) electrons. The molecule has 206 valence electrons. The smallest absolute Gasteiger partial charge is 0.247 e. The van der Waals surface area contributed by atoms with Crippen molar-refractivity contribution in [3.05, 3.63) is 54.7 Å². The first-order valence-corrected chi connectivity index (χ1v) is 15.3. The fourth-order valence-electron chi connectivity index (χ4n) is 4.02. The molecule has 1 atom stereocenters. The lowest BCUT2D eigenvalue weighted by molar-refractivity contribution is -0.116. The van der Waals surface area contributed by atoms with Crippen molar-refractivity contribution in [1.29, 1.82) is 0 Å². The van der Waals surface area contributed by atoms with Crippen molar-refractivity contribution in [3.8, 4) is 23.1 Å². The van der Waals surface area contributed by atoms with Crippen LogP contribution in [0.15, 0.2) is 49.1 Å². The summed E-state index contributed by atoms with van der Waals surface area (Å²) in [4.78, 5) is 26.0. The zero-order chi connectivity index (χ0) is 28.2. The summed E-state index contributed by atoms with van der Waals surface area (Å²) in [6.07, 6.45) is 4.38. The Kier molecular flexibility index (Phi) is 8.46. The van der Waals surface area contributed by atoms with E-state index in [9.17, 15) is 4.79 Å². The molecule has 11 nitrogen and oxygen atoms in total. The lowest BCUT2D eigenvalue weighted by Crippen LogP contribution is -2.27. The van der Waals surface area contributed by atoms with E-state index >= 15 is 0 Å². The Hall–Kier alpha value is -4.03. The molecule has 3 heterocycles. The number of methoxy groups -OCH3 is 2. The first kappa shape index (κ1) is 28.0. The molecule has 0 aliphatic rings. The predicted octanol–water partition coefficient (Wildman–Crippen LogP) is 4.76. The largest absolute Gasteiger partial charge is 0.493 e. The van der Waals surface area contributed by atoms with Crippen molar-refractivity contribution in [2.75, 3.05) is 19.5 Å². The number of carbonyl (C=O) groups excluding carboxylic acids is 1. The third-order valence-electron chi connectivity index (χ3n) is 5.74. The first-order chi connectivity index (χ1) is 18.6. The maximum Gasteiger partial charge on any atom is 0.247 e. The summed E-state index contributed by atoms with van der Waals surface area (Å²) in [5.74, 6) is 2.01. The van der Waals surface area contributed by atoms with E-state index < -0.39 is 9.04 Å². The SMILES string of the molecule is COc1cc2ncnc(Oc3cnn(CC(=O)Nc4cccc(C(O[SiH](C)C)C(C)(C)C)n4)c3)c2cc1OC. The summed E-state index contributed by atoms with van der Waals surface area (Å²) in [5, 5.41) is 7.75. The van der Waals surface area contributed by atoms with E-state index in [1.54, 1.807) is 38.6 Å². The molecule has 3 aromatic heterocycles. The number of hydrogen-bond acceptors (Lipinski definition) is 9. The molecule has 12 heteroatoms. The van der Waals surface area contributed by atoms with Gasteiger partial charge >= 0.3 is 0 Å². The number of nitrogens with zero attached hydrogens (tertiary/aromatic N) is 5. The van der Waals surface area contributed by atoms with E-state index in [4.69, 9.17) is 18.6 Å². The fraction of sp³-hybridized carbons (Fsp3) is 0.370. The lowest BCUT2D eigenvalue weighted by Gasteiger charge is -2.32. The number of rotatable bonds is 10. The molecular formula is C27H34N6O5Si. The van der Waals surface area contributed by atoms with Gasteiger partial charge < -0.3 is 24.0 Å². The molecule has 39 heavy (non-hydrogen) atoms. The van der Waals surface area contributed by atoms with E-state index in [1.807, 2.05) is 12.1 Å². The molecule has 0 bridgehead atoms. The zero-order valence-electron chi connectivity index (χ0n) is 23.3. The van der Waals surface area contributed by atoms with Gasteiger partial charge in [-0.25, -0.2) is 15.0 Å². The molecule has 0 saturated heterocycles. The molecule has 0 spiro atoms. The number of fused-ring (bicyclic) bond motifs is 1. The van der Waals surface area contributed by atoms with Gasteiger partial charge in [0.15, 0.2) is 26.3 Å². The zero-order valence-corrected chi connectivity index (χ0v) is 24.4. The number of ether oxygens (including phenoxy) is 3. The van der Waals surface area contributed by atoms with Crippen molar-refractivity contribution in [2.45, 2.75) is 46.5 Å². The summed E-state index contributed by atoms with van der Waals surface area (Å²) < 4.78 is 24.5. The van der Waals surface area contributed by atoms with Crippen LogP contribution in [0.25, 0.3) is 10.9 Å². The van der Waals surface area contributed by atoms with Crippen molar-refractivity contribution in [2.24, 2.45) is 5.41 Å². The van der Waals surface area contributed by atoms with Crippen LogP contribution in [0.4, 0.5) is 5.82 Å². The van der Waals surface area contributed by atoms with Gasteiger partial charge in [0.25, 0.3) is 0 Å². The van der Waals surface area contributed by atoms with Crippen LogP contribution >= 0.6 is 0 Å². The van der Waals surface area contributed by atoms with Crippen molar-refractivity contribution in [3.63, 3.8) is 0 Å². The summed E-state index contributed by atoms with van der Waals surface area (Å²) in [7, 11) is 1.81. The van der Waals surface area contributed by atoms with E-state index in [1.165, 1.54) is 17.2 Å². The quantitative estimate of drug-likeness (QED) is 0.279. The van der Waals surface area contributed by atoms with E-state index in [-0.39, 0.29) is 24.0 Å². The van der Waals surface area contributed by atoms with Crippen molar-refractivity contribution >= 4 is 31.7 Å². The standard InChI is InChI=1S/C27H34N6O5Si/c1-27(2,3)25(38-39(6)7)19-9-8-10-23(31-19)32-24(34)15-33-14-17(13-30-33)37-26-18-11-21(35-4)22(36-5)12-20(18)28-16-29-26/h8-14,16,25,39H,15H2,1-7H3,(H,31,32,34). The second kappa shape index (κ2) is 11.8. The first-order valence-electron chi connectivity index (χ1n) is 12.6. The van der Waals surface area contributed by atoms with Crippen LogP contribution in [0, 0.1) is 5.41 Å². The monoisotopic (exact) mass is 550 g/mol. The molecule has 4 rings (SSSR count). The van der Waals surface area contributed by atoms with Gasteiger partial charge in [-0.1, -0.05) is 26.8 Å². The molecule has 0 fully saturated rings. The molecule has 0 saturated carbocycles.